The predicted octanol–water partition coefficient (Wildman–Crippen LogP) is 4.31. The van der Waals surface area contributed by atoms with Gasteiger partial charge in [0.1, 0.15) is 6.10 Å². The third-order valence-corrected chi connectivity index (χ3v) is 4.58. The van der Waals surface area contributed by atoms with Crippen LogP contribution in [0.25, 0.3) is 16.5 Å². The molecule has 0 aliphatic carbocycles. The molecule has 0 radical (unpaired) electrons. The zero-order valence-electron chi connectivity index (χ0n) is 16.0. The van der Waals surface area contributed by atoms with Gasteiger partial charge in [0.05, 0.1) is 12.1 Å². The smallest absolute Gasteiger partial charge is 0.164 e. The Balaban J connectivity index is 1.82. The lowest BCUT2D eigenvalue weighted by Crippen LogP contribution is -2.34. The van der Waals surface area contributed by atoms with Crippen molar-refractivity contribution in [3.05, 3.63) is 76.2 Å². The molecule has 0 bridgehead atoms. The Kier molecular flexibility index (Phi) is 5.90. The molecule has 3 atom stereocenters. The quantitative estimate of drug-likeness (QED) is 0.336. The lowest BCUT2D eigenvalue weighted by molar-refractivity contribution is -0.144. The first-order chi connectivity index (χ1) is 13.4. The van der Waals surface area contributed by atoms with E-state index in [9.17, 15) is 0 Å². The highest BCUT2D eigenvalue weighted by molar-refractivity contribution is 5.54. The number of azide groups is 1. The topological polar surface area (TPSA) is 119 Å². The summed E-state index contributed by atoms with van der Waals surface area (Å²) in [6, 6.07) is 14.6. The summed E-state index contributed by atoms with van der Waals surface area (Å²) in [5.74, 6) is -0.773. The van der Waals surface area contributed by atoms with Crippen LogP contribution in [-0.4, -0.2) is 24.0 Å². The van der Waals surface area contributed by atoms with Crippen molar-refractivity contribution in [2.24, 2.45) is 5.11 Å². The minimum Gasteiger partial charge on any atom is -0.399 e. The molecule has 2 aromatic carbocycles. The SMILES string of the molecule is CC1(C)O[C@@H]([C@@H](Cc2ccc(N)cc2)N=[N+]=[N-])[C@H](/C=C/c2ccc(N)cc2)O1. The van der Waals surface area contributed by atoms with E-state index in [0.29, 0.717) is 17.8 Å². The molecule has 0 amide bonds. The van der Waals surface area contributed by atoms with Crippen molar-refractivity contribution in [3.8, 4) is 0 Å². The van der Waals surface area contributed by atoms with Crippen LogP contribution in [0.4, 0.5) is 11.4 Å². The van der Waals surface area contributed by atoms with Crippen molar-refractivity contribution >= 4 is 17.5 Å². The highest BCUT2D eigenvalue weighted by Gasteiger charge is 2.43. The second-order valence-electron chi connectivity index (χ2n) is 7.31. The zero-order chi connectivity index (χ0) is 20.1. The molecule has 1 heterocycles. The number of nitrogen functional groups attached to an aromatic ring is 2. The molecule has 146 valence electrons. The molecule has 1 fully saturated rings. The Hall–Kier alpha value is -2.99. The van der Waals surface area contributed by atoms with Crippen molar-refractivity contribution in [1.29, 1.82) is 0 Å². The highest BCUT2D eigenvalue weighted by Crippen LogP contribution is 2.33. The van der Waals surface area contributed by atoms with Crippen molar-refractivity contribution in [1.82, 2.24) is 0 Å². The molecule has 0 spiro atoms. The number of rotatable bonds is 6. The third kappa shape index (κ3) is 5.04. The van der Waals surface area contributed by atoms with Crippen LogP contribution in [0.2, 0.25) is 0 Å². The fourth-order valence-corrected chi connectivity index (χ4v) is 3.26. The summed E-state index contributed by atoms with van der Waals surface area (Å²) in [7, 11) is 0. The van der Waals surface area contributed by atoms with Crippen LogP contribution in [-0.2, 0) is 15.9 Å². The molecule has 0 saturated carbocycles. The molecule has 28 heavy (non-hydrogen) atoms. The highest BCUT2D eigenvalue weighted by atomic mass is 16.8. The first-order valence-electron chi connectivity index (χ1n) is 9.14. The van der Waals surface area contributed by atoms with Gasteiger partial charge in [-0.3, -0.25) is 0 Å². The molecule has 2 aromatic rings. The molecule has 7 nitrogen and oxygen atoms in total. The Morgan fingerprint density at radius 1 is 1.07 bits per heavy atom. The maximum atomic E-state index is 9.08. The van der Waals surface area contributed by atoms with Gasteiger partial charge >= 0.3 is 0 Å². The maximum Gasteiger partial charge on any atom is 0.164 e. The number of ether oxygens (including phenoxy) is 2. The molecule has 7 heteroatoms. The number of nitrogens with zero attached hydrogens (tertiary/aromatic N) is 3. The number of hydrogen-bond donors (Lipinski definition) is 2. The average molecular weight is 379 g/mol. The molecule has 1 aliphatic heterocycles. The minimum absolute atomic E-state index is 0.350. The van der Waals surface area contributed by atoms with Crippen LogP contribution in [0.3, 0.4) is 0 Å². The van der Waals surface area contributed by atoms with Crippen molar-refractivity contribution in [2.75, 3.05) is 11.5 Å². The number of nitrogens with two attached hydrogens (primary N) is 2. The lowest BCUT2D eigenvalue weighted by atomic mass is 9.97. The Labute approximate surface area is 164 Å². The van der Waals surface area contributed by atoms with Crippen LogP contribution in [0.1, 0.15) is 25.0 Å². The van der Waals surface area contributed by atoms with E-state index in [1.807, 2.05) is 74.5 Å². The van der Waals surface area contributed by atoms with E-state index in [1.54, 1.807) is 0 Å². The summed E-state index contributed by atoms with van der Waals surface area (Å²) in [4.78, 5) is 3.03. The van der Waals surface area contributed by atoms with Gasteiger partial charge in [-0.25, -0.2) is 0 Å². The van der Waals surface area contributed by atoms with Crippen molar-refractivity contribution < 1.29 is 9.47 Å². The van der Waals surface area contributed by atoms with E-state index < -0.39 is 17.9 Å². The summed E-state index contributed by atoms with van der Waals surface area (Å²) >= 11 is 0. The summed E-state index contributed by atoms with van der Waals surface area (Å²) in [5, 5.41) is 4.00. The van der Waals surface area contributed by atoms with Gasteiger partial charge in [-0.1, -0.05) is 41.5 Å². The van der Waals surface area contributed by atoms with Crippen LogP contribution < -0.4 is 11.5 Å². The Bertz CT molecular complexity index is 871. The molecule has 4 N–H and O–H groups in total. The van der Waals surface area contributed by atoms with Gasteiger partial charge in [0.25, 0.3) is 0 Å². The number of benzene rings is 2. The number of hydrogen-bond acceptors (Lipinski definition) is 5. The fraction of sp³-hybridized carbons (Fsp3) is 0.333. The first-order valence-corrected chi connectivity index (χ1v) is 9.14. The van der Waals surface area contributed by atoms with Gasteiger partial charge in [-0.15, -0.1) is 0 Å². The maximum absolute atomic E-state index is 9.08. The Morgan fingerprint density at radius 3 is 2.29 bits per heavy atom. The molecule has 0 unspecified atom stereocenters. The minimum atomic E-state index is -0.773. The second kappa shape index (κ2) is 8.35. The van der Waals surface area contributed by atoms with Crippen molar-refractivity contribution in [3.63, 3.8) is 0 Å². The average Bonchev–Trinajstić information content (AvgIpc) is 2.97. The predicted molar refractivity (Wildman–Crippen MR) is 111 cm³/mol. The fourth-order valence-electron chi connectivity index (χ4n) is 3.26. The summed E-state index contributed by atoms with van der Waals surface area (Å²) in [5.41, 5.74) is 24.0. The van der Waals surface area contributed by atoms with Gasteiger partial charge in [0.2, 0.25) is 0 Å². The largest absolute Gasteiger partial charge is 0.399 e. The van der Waals surface area contributed by atoms with Crippen LogP contribution in [0, 0.1) is 0 Å². The van der Waals surface area contributed by atoms with Crippen molar-refractivity contribution in [2.45, 2.75) is 44.3 Å². The Morgan fingerprint density at radius 2 is 1.68 bits per heavy atom. The molecule has 1 saturated heterocycles. The van der Waals surface area contributed by atoms with E-state index >= 15 is 0 Å². The van der Waals surface area contributed by atoms with Gasteiger partial charge < -0.3 is 20.9 Å². The summed E-state index contributed by atoms with van der Waals surface area (Å²) in [6.45, 7) is 3.71. The van der Waals surface area contributed by atoms with E-state index in [-0.39, 0.29) is 6.10 Å². The van der Waals surface area contributed by atoms with Crippen LogP contribution in [0.5, 0.6) is 0 Å². The molecule has 3 rings (SSSR count). The summed E-state index contributed by atoms with van der Waals surface area (Å²) in [6.07, 6.45) is 3.66. The van der Waals surface area contributed by atoms with Gasteiger partial charge in [-0.05, 0) is 61.2 Å². The van der Waals surface area contributed by atoms with Gasteiger partial charge in [0.15, 0.2) is 5.79 Å². The van der Waals surface area contributed by atoms with E-state index in [1.165, 1.54) is 0 Å². The van der Waals surface area contributed by atoms with Crippen LogP contribution in [0.15, 0.2) is 59.7 Å². The first kappa shape index (κ1) is 19.8. The molecule has 1 aliphatic rings. The van der Waals surface area contributed by atoms with Crippen LogP contribution >= 0.6 is 0 Å². The number of anilines is 2. The van der Waals surface area contributed by atoms with E-state index in [2.05, 4.69) is 10.0 Å². The lowest BCUT2D eigenvalue weighted by Gasteiger charge is -2.22. The summed E-state index contributed by atoms with van der Waals surface area (Å²) < 4.78 is 12.2. The molecular formula is C21H25N5O2. The third-order valence-electron chi connectivity index (χ3n) is 4.58. The zero-order valence-corrected chi connectivity index (χ0v) is 16.0. The monoisotopic (exact) mass is 379 g/mol. The molecule has 0 aromatic heterocycles. The van der Waals surface area contributed by atoms with Gasteiger partial charge in [0, 0.05) is 16.3 Å². The standard InChI is InChI=1S/C21H25N5O2/c1-21(2)27-19(12-7-14-3-8-16(22)9-4-14)20(28-21)18(25-26-24)13-15-5-10-17(23)11-6-15/h3-12,18-20H,13,22-23H2,1-2H3/b12-7+/t18-,19+,20+/m1/s1. The van der Waals surface area contributed by atoms with E-state index in [0.717, 1.165) is 11.1 Å². The normalized spacial score (nSPS) is 22.1. The molecular weight excluding hydrogens is 354 g/mol. The second-order valence-corrected chi connectivity index (χ2v) is 7.31. The van der Waals surface area contributed by atoms with E-state index in [4.69, 9.17) is 26.5 Å². The van der Waals surface area contributed by atoms with Gasteiger partial charge in [-0.2, -0.15) is 0 Å².